The number of rotatable bonds is 11. The number of hydrogen-bond donors (Lipinski definition) is 1. The predicted octanol–water partition coefficient (Wildman–Crippen LogP) is 5.55. The Morgan fingerprint density at radius 3 is 2.42 bits per heavy atom. The van der Waals surface area contributed by atoms with Gasteiger partial charge in [-0.15, -0.1) is 0 Å². The lowest BCUT2D eigenvalue weighted by atomic mass is 9.85. The molecule has 7 heteroatoms. The summed E-state index contributed by atoms with van der Waals surface area (Å²) in [7, 11) is -3.46. The number of nitrogens with one attached hydrogen (secondary N) is 1. The van der Waals surface area contributed by atoms with Crippen LogP contribution in [-0.4, -0.2) is 43.7 Å². The van der Waals surface area contributed by atoms with E-state index in [1.54, 1.807) is 19.1 Å². The Morgan fingerprint density at radius 1 is 1.12 bits per heavy atom. The van der Waals surface area contributed by atoms with Gasteiger partial charge in [0.1, 0.15) is 0 Å². The fourth-order valence-corrected chi connectivity index (χ4v) is 6.80. The number of nitrogens with zero attached hydrogens (tertiary/aromatic N) is 1. The Morgan fingerprint density at radius 2 is 1.82 bits per heavy atom. The molecule has 0 bridgehead atoms. The number of halogens is 1. The van der Waals surface area contributed by atoms with Crippen LogP contribution in [0.1, 0.15) is 75.1 Å². The van der Waals surface area contributed by atoms with E-state index in [0.29, 0.717) is 17.9 Å². The van der Waals surface area contributed by atoms with E-state index in [-0.39, 0.29) is 27.1 Å². The number of pyridine rings is 1. The van der Waals surface area contributed by atoms with Crippen LogP contribution in [0, 0.1) is 12.8 Å². The Bertz CT molecular complexity index is 1090. The predicted molar refractivity (Wildman–Crippen MR) is 136 cm³/mol. The lowest BCUT2D eigenvalue weighted by molar-refractivity contribution is 0.305. The molecule has 0 spiro atoms. The van der Waals surface area contributed by atoms with Gasteiger partial charge >= 0.3 is 0 Å². The minimum Gasteiger partial charge on any atom is -0.325 e. The minimum atomic E-state index is -3.46. The average Bonchev–Trinajstić information content (AvgIpc) is 3.30. The normalized spacial score (nSPS) is 15.9. The maximum absolute atomic E-state index is 13.0. The Labute approximate surface area is 203 Å². The molecule has 1 aromatic heterocycles. The van der Waals surface area contributed by atoms with Gasteiger partial charge in [0.15, 0.2) is 9.84 Å². The molecule has 0 saturated heterocycles. The fourth-order valence-electron chi connectivity index (χ4n) is 4.90. The number of sulfone groups is 1. The van der Waals surface area contributed by atoms with Crippen LogP contribution in [-0.2, 0) is 9.84 Å². The molecule has 2 aromatic rings. The van der Waals surface area contributed by atoms with E-state index in [4.69, 9.17) is 11.6 Å². The second-order valence-corrected chi connectivity index (χ2v) is 11.7. The third-order valence-electron chi connectivity index (χ3n) is 7.02. The fraction of sp³-hybridized carbons (Fsp3) is 0.577. The molecule has 0 radical (unpaired) electrons. The summed E-state index contributed by atoms with van der Waals surface area (Å²) in [4.78, 5) is 17.8. The van der Waals surface area contributed by atoms with Crippen molar-refractivity contribution in [3.05, 3.63) is 62.5 Å². The van der Waals surface area contributed by atoms with E-state index < -0.39 is 9.84 Å². The van der Waals surface area contributed by atoms with E-state index in [1.807, 2.05) is 18.2 Å². The van der Waals surface area contributed by atoms with Gasteiger partial charge in [0.2, 0.25) is 0 Å². The molecule has 1 saturated carbocycles. The van der Waals surface area contributed by atoms with Crippen molar-refractivity contribution in [1.29, 1.82) is 0 Å². The second-order valence-electron chi connectivity index (χ2n) is 9.25. The summed E-state index contributed by atoms with van der Waals surface area (Å²) in [6.45, 7) is 8.54. The molecule has 182 valence electrons. The van der Waals surface area contributed by atoms with E-state index in [9.17, 15) is 13.2 Å². The van der Waals surface area contributed by atoms with Gasteiger partial charge in [0.05, 0.1) is 15.7 Å². The van der Waals surface area contributed by atoms with Crippen molar-refractivity contribution in [2.75, 3.05) is 25.4 Å². The summed E-state index contributed by atoms with van der Waals surface area (Å²) in [6.07, 6.45) is 6.38. The smallest absolute Gasteiger partial charge is 0.251 e. The third kappa shape index (κ3) is 6.71. The van der Waals surface area contributed by atoms with Crippen molar-refractivity contribution in [2.24, 2.45) is 5.92 Å². The van der Waals surface area contributed by atoms with Gasteiger partial charge in [-0.05, 0) is 69.1 Å². The number of aromatic nitrogens is 1. The van der Waals surface area contributed by atoms with Gasteiger partial charge in [-0.2, -0.15) is 0 Å². The molecular formula is C26H37ClN2O3S. The van der Waals surface area contributed by atoms with E-state index in [0.717, 1.165) is 37.3 Å². The highest BCUT2D eigenvalue weighted by Gasteiger charge is 2.26. The highest BCUT2D eigenvalue weighted by molar-refractivity contribution is 7.91. The van der Waals surface area contributed by atoms with Crippen LogP contribution in [0.4, 0.5) is 0 Å². The van der Waals surface area contributed by atoms with Gasteiger partial charge in [-0.3, -0.25) is 4.79 Å². The molecule has 1 unspecified atom stereocenters. The van der Waals surface area contributed by atoms with Crippen molar-refractivity contribution in [3.8, 4) is 0 Å². The van der Waals surface area contributed by atoms with Gasteiger partial charge in [-0.25, -0.2) is 8.42 Å². The van der Waals surface area contributed by atoms with Crippen LogP contribution in [0.25, 0.3) is 0 Å². The molecule has 1 heterocycles. The third-order valence-corrected chi connectivity index (χ3v) is 9.30. The summed E-state index contributed by atoms with van der Waals surface area (Å²) in [5.41, 5.74) is 2.42. The molecule has 0 aliphatic heterocycles. The summed E-state index contributed by atoms with van der Waals surface area (Å²) in [5.74, 6) is 0.666. The molecule has 3 rings (SSSR count). The molecule has 1 aromatic carbocycles. The zero-order chi connectivity index (χ0) is 24.0. The summed E-state index contributed by atoms with van der Waals surface area (Å²) in [5, 5.41) is 0.265. The standard InChI is InChI=1S/C26H37ClN2O3S/c1-4-29(5-2)15-8-16-33(31,32)25-14-12-21(18-23(25)27)22(17-20-9-6-7-10-20)24-13-11-19(3)26(30)28-24/h11-14,18,20,22H,4-10,15-17H2,1-3H3,(H,28,30). The quantitative estimate of drug-likeness (QED) is 0.446. The minimum absolute atomic E-state index is 0.0154. The zero-order valence-electron chi connectivity index (χ0n) is 20.1. The number of H-pyrrole nitrogens is 1. The van der Waals surface area contributed by atoms with Crippen molar-refractivity contribution in [1.82, 2.24) is 9.88 Å². The zero-order valence-corrected chi connectivity index (χ0v) is 21.6. The average molecular weight is 493 g/mol. The molecule has 5 nitrogen and oxygen atoms in total. The van der Waals surface area contributed by atoms with Crippen LogP contribution in [0.2, 0.25) is 5.02 Å². The maximum atomic E-state index is 13.0. The lowest BCUT2D eigenvalue weighted by Gasteiger charge is -2.22. The summed E-state index contributed by atoms with van der Waals surface area (Å²) in [6, 6.07) is 9.14. The topological polar surface area (TPSA) is 70.2 Å². The van der Waals surface area contributed by atoms with Crippen LogP contribution < -0.4 is 5.56 Å². The van der Waals surface area contributed by atoms with E-state index >= 15 is 0 Å². The molecule has 1 atom stereocenters. The van der Waals surface area contributed by atoms with E-state index in [2.05, 4.69) is 23.7 Å². The number of aryl methyl sites for hydroxylation is 1. The van der Waals surface area contributed by atoms with Gasteiger partial charge in [0.25, 0.3) is 5.56 Å². The molecule has 1 aliphatic rings. The van der Waals surface area contributed by atoms with Crippen LogP contribution in [0.3, 0.4) is 0 Å². The molecule has 1 fully saturated rings. The van der Waals surface area contributed by atoms with Crippen LogP contribution in [0.15, 0.2) is 40.0 Å². The Hall–Kier alpha value is -1.63. The van der Waals surface area contributed by atoms with Crippen molar-refractivity contribution < 1.29 is 8.42 Å². The van der Waals surface area contributed by atoms with Crippen molar-refractivity contribution >= 4 is 21.4 Å². The first-order chi connectivity index (χ1) is 15.7. The number of benzene rings is 1. The lowest BCUT2D eigenvalue weighted by Crippen LogP contribution is -2.25. The SMILES string of the molecule is CCN(CC)CCCS(=O)(=O)c1ccc(C(CC2CCCC2)c2ccc(C)c(=O)[nH]2)cc1Cl. The Balaban J connectivity index is 1.85. The monoisotopic (exact) mass is 492 g/mol. The Kier molecular flexibility index (Phi) is 9.19. The van der Waals surface area contributed by atoms with Gasteiger partial charge in [0, 0.05) is 17.2 Å². The van der Waals surface area contributed by atoms with Crippen molar-refractivity contribution in [3.63, 3.8) is 0 Å². The van der Waals surface area contributed by atoms with Gasteiger partial charge < -0.3 is 9.88 Å². The van der Waals surface area contributed by atoms with Crippen molar-refractivity contribution in [2.45, 2.75) is 70.1 Å². The van der Waals surface area contributed by atoms with Crippen LogP contribution >= 0.6 is 11.6 Å². The molecule has 0 amide bonds. The number of aromatic amines is 1. The van der Waals surface area contributed by atoms with E-state index in [1.165, 1.54) is 25.7 Å². The summed E-state index contributed by atoms with van der Waals surface area (Å²) >= 11 is 6.55. The molecular weight excluding hydrogens is 456 g/mol. The van der Waals surface area contributed by atoms with Crippen LogP contribution in [0.5, 0.6) is 0 Å². The highest BCUT2D eigenvalue weighted by Crippen LogP contribution is 2.38. The summed E-state index contributed by atoms with van der Waals surface area (Å²) < 4.78 is 25.9. The first kappa shape index (κ1) is 26.0. The highest BCUT2D eigenvalue weighted by atomic mass is 35.5. The molecule has 1 aliphatic carbocycles. The second kappa shape index (κ2) is 11.7. The molecule has 33 heavy (non-hydrogen) atoms. The number of hydrogen-bond acceptors (Lipinski definition) is 4. The molecule has 1 N–H and O–H groups in total. The maximum Gasteiger partial charge on any atom is 0.251 e. The first-order valence-electron chi connectivity index (χ1n) is 12.2. The first-order valence-corrected chi connectivity index (χ1v) is 14.2. The van der Waals surface area contributed by atoms with Gasteiger partial charge in [-0.1, -0.05) is 63.3 Å². The largest absolute Gasteiger partial charge is 0.325 e.